The van der Waals surface area contributed by atoms with Crippen LogP contribution in [0.25, 0.3) is 0 Å². The summed E-state index contributed by atoms with van der Waals surface area (Å²) in [6.45, 7) is 1.75. The van der Waals surface area contributed by atoms with Gasteiger partial charge in [0.05, 0.1) is 0 Å². The van der Waals surface area contributed by atoms with Gasteiger partial charge >= 0.3 is 0 Å². The van der Waals surface area contributed by atoms with Crippen molar-refractivity contribution in [2.24, 2.45) is 0 Å². The topological polar surface area (TPSA) is 52.1 Å². The van der Waals surface area contributed by atoms with Crippen molar-refractivity contribution in [3.8, 4) is 11.6 Å². The number of hydrogen-bond acceptors (Lipinski definition) is 4. The molecule has 0 saturated heterocycles. The summed E-state index contributed by atoms with van der Waals surface area (Å²) in [6.07, 6.45) is 1.35. The molecule has 4 nitrogen and oxygen atoms in total. The lowest BCUT2D eigenvalue weighted by Crippen LogP contribution is -1.95. The zero-order valence-electron chi connectivity index (χ0n) is 10.3. The van der Waals surface area contributed by atoms with Gasteiger partial charge in [0.15, 0.2) is 5.78 Å². The average Bonchev–Trinajstić information content (AvgIpc) is 2.69. The maximum absolute atomic E-state index is 11.5. The van der Waals surface area contributed by atoms with Gasteiger partial charge in [-0.1, -0.05) is 11.6 Å². The molecule has 2 aromatic rings. The van der Waals surface area contributed by atoms with Crippen LogP contribution in [0.15, 0.2) is 24.3 Å². The number of nitrogens with zero attached hydrogens (tertiary/aromatic N) is 2. The number of fused-ring (bicyclic) bond motifs is 1. The van der Waals surface area contributed by atoms with Crippen LogP contribution in [-0.2, 0) is 6.42 Å². The van der Waals surface area contributed by atoms with Crippen LogP contribution >= 0.6 is 11.6 Å². The summed E-state index contributed by atoms with van der Waals surface area (Å²) in [5, 5.41) is 0.346. The van der Waals surface area contributed by atoms with Crippen molar-refractivity contribution in [2.75, 3.05) is 0 Å². The Bertz CT molecular complexity index is 650. The van der Waals surface area contributed by atoms with Crippen molar-refractivity contribution in [2.45, 2.75) is 19.8 Å². The summed E-state index contributed by atoms with van der Waals surface area (Å²) in [7, 11) is 0. The van der Waals surface area contributed by atoms with Crippen molar-refractivity contribution in [1.29, 1.82) is 0 Å². The monoisotopic (exact) mass is 274 g/mol. The summed E-state index contributed by atoms with van der Waals surface area (Å²) in [5.74, 6) is 1.81. The van der Waals surface area contributed by atoms with Crippen molar-refractivity contribution < 1.29 is 9.53 Å². The molecule has 1 aromatic heterocycles. The molecule has 1 aliphatic rings. The van der Waals surface area contributed by atoms with E-state index in [1.165, 1.54) is 0 Å². The Labute approximate surface area is 115 Å². The van der Waals surface area contributed by atoms with Gasteiger partial charge < -0.3 is 4.74 Å². The van der Waals surface area contributed by atoms with Crippen molar-refractivity contribution in [3.63, 3.8) is 0 Å². The van der Waals surface area contributed by atoms with Gasteiger partial charge in [0.25, 0.3) is 0 Å². The maximum Gasteiger partial charge on any atom is 0.224 e. The normalized spacial score (nSPS) is 13.5. The van der Waals surface area contributed by atoms with E-state index in [1.807, 2.05) is 6.07 Å². The Hall–Kier alpha value is -1.94. The van der Waals surface area contributed by atoms with Crippen molar-refractivity contribution >= 4 is 17.4 Å². The Balaban J connectivity index is 1.90. The zero-order valence-corrected chi connectivity index (χ0v) is 11.1. The molecule has 0 fully saturated rings. The third kappa shape index (κ3) is 2.44. The first-order chi connectivity index (χ1) is 9.11. The van der Waals surface area contributed by atoms with Gasteiger partial charge in [-0.3, -0.25) is 4.79 Å². The number of benzene rings is 1. The highest BCUT2D eigenvalue weighted by Crippen LogP contribution is 2.28. The van der Waals surface area contributed by atoms with Gasteiger partial charge in [0.1, 0.15) is 16.7 Å². The number of aryl methyl sites for hydroxylation is 2. The fraction of sp³-hybridized carbons (Fsp3) is 0.214. The first kappa shape index (κ1) is 12.1. The van der Waals surface area contributed by atoms with E-state index in [0.29, 0.717) is 29.0 Å². The molecule has 1 heterocycles. The van der Waals surface area contributed by atoms with Crippen molar-refractivity contribution in [3.05, 3.63) is 46.4 Å². The van der Waals surface area contributed by atoms with E-state index in [4.69, 9.17) is 16.3 Å². The minimum atomic E-state index is 0.197. The van der Waals surface area contributed by atoms with E-state index in [2.05, 4.69) is 9.97 Å². The van der Waals surface area contributed by atoms with Gasteiger partial charge in [-0.25, -0.2) is 4.98 Å². The zero-order chi connectivity index (χ0) is 13.4. The molecule has 0 saturated carbocycles. The number of rotatable bonds is 2. The molecule has 19 heavy (non-hydrogen) atoms. The molecule has 0 bridgehead atoms. The van der Waals surface area contributed by atoms with Gasteiger partial charge in [-0.05, 0) is 37.1 Å². The molecule has 96 valence electrons. The number of Topliss-reactive ketones (excluding diaryl/α,β-unsaturated/α-hetero) is 1. The van der Waals surface area contributed by atoms with Gasteiger partial charge in [0, 0.05) is 18.1 Å². The predicted octanol–water partition coefficient (Wildman–Crippen LogP) is 3.36. The van der Waals surface area contributed by atoms with Gasteiger partial charge in [0.2, 0.25) is 5.88 Å². The Morgan fingerprint density at radius 3 is 2.84 bits per heavy atom. The highest BCUT2D eigenvalue weighted by Gasteiger charge is 2.19. The second-order valence-electron chi connectivity index (χ2n) is 4.42. The summed E-state index contributed by atoms with van der Waals surface area (Å²) in [4.78, 5) is 19.7. The average molecular weight is 275 g/mol. The standard InChI is InChI=1S/C14H11ClN2O2/c1-8-16-13(15)7-14(17-8)19-10-3-4-11-9(6-10)2-5-12(11)18/h3-4,6-7H,2,5H2,1H3. The summed E-state index contributed by atoms with van der Waals surface area (Å²) in [6, 6.07) is 7.02. The van der Waals surface area contributed by atoms with Crippen LogP contribution in [0, 0.1) is 6.92 Å². The molecule has 0 N–H and O–H groups in total. The summed E-state index contributed by atoms with van der Waals surface area (Å²) in [5.41, 5.74) is 1.82. The molecule has 1 aliphatic carbocycles. The van der Waals surface area contributed by atoms with Crippen LogP contribution in [0.3, 0.4) is 0 Å². The van der Waals surface area contributed by atoms with Crippen LogP contribution in [0.2, 0.25) is 5.15 Å². The van der Waals surface area contributed by atoms with Crippen LogP contribution in [-0.4, -0.2) is 15.8 Å². The molecule has 5 heteroatoms. The Morgan fingerprint density at radius 2 is 2.05 bits per heavy atom. The number of ether oxygens (including phenoxy) is 1. The van der Waals surface area contributed by atoms with E-state index in [9.17, 15) is 4.79 Å². The number of carbonyl (C=O) groups excluding carboxylic acids is 1. The van der Waals surface area contributed by atoms with E-state index in [-0.39, 0.29) is 5.78 Å². The first-order valence-electron chi connectivity index (χ1n) is 5.97. The predicted molar refractivity (Wildman–Crippen MR) is 70.9 cm³/mol. The number of hydrogen-bond donors (Lipinski definition) is 0. The molecule has 0 unspecified atom stereocenters. The van der Waals surface area contributed by atoms with Crippen LogP contribution in [0.4, 0.5) is 0 Å². The number of halogens is 1. The maximum atomic E-state index is 11.5. The van der Waals surface area contributed by atoms with E-state index >= 15 is 0 Å². The smallest absolute Gasteiger partial charge is 0.224 e. The molecule has 1 aromatic carbocycles. The number of aromatic nitrogens is 2. The van der Waals surface area contributed by atoms with Gasteiger partial charge in [-0.2, -0.15) is 4.98 Å². The molecule has 0 aliphatic heterocycles. The Kier molecular flexibility index (Phi) is 2.95. The van der Waals surface area contributed by atoms with Crippen LogP contribution in [0.1, 0.15) is 28.2 Å². The summed E-state index contributed by atoms with van der Waals surface area (Å²) >= 11 is 5.85. The number of ketones is 1. The Morgan fingerprint density at radius 1 is 1.21 bits per heavy atom. The van der Waals surface area contributed by atoms with E-state index < -0.39 is 0 Å². The SMILES string of the molecule is Cc1nc(Cl)cc(Oc2ccc3c(c2)CCC3=O)n1. The highest BCUT2D eigenvalue weighted by atomic mass is 35.5. The minimum absolute atomic E-state index is 0.197. The molecule has 0 spiro atoms. The minimum Gasteiger partial charge on any atom is -0.439 e. The molecular formula is C14H11ClN2O2. The number of carbonyl (C=O) groups is 1. The van der Waals surface area contributed by atoms with E-state index in [0.717, 1.165) is 17.5 Å². The fourth-order valence-corrected chi connectivity index (χ4v) is 2.39. The quantitative estimate of drug-likeness (QED) is 0.788. The molecule has 0 atom stereocenters. The first-order valence-corrected chi connectivity index (χ1v) is 6.35. The van der Waals surface area contributed by atoms with Crippen molar-refractivity contribution in [1.82, 2.24) is 9.97 Å². The lowest BCUT2D eigenvalue weighted by molar-refractivity contribution is 0.0994. The van der Waals surface area contributed by atoms with Crippen LogP contribution < -0.4 is 4.74 Å². The van der Waals surface area contributed by atoms with Gasteiger partial charge in [-0.15, -0.1) is 0 Å². The molecule has 0 amide bonds. The third-order valence-corrected chi connectivity index (χ3v) is 3.20. The third-order valence-electron chi connectivity index (χ3n) is 3.00. The van der Waals surface area contributed by atoms with Crippen LogP contribution in [0.5, 0.6) is 11.6 Å². The second kappa shape index (κ2) is 4.63. The second-order valence-corrected chi connectivity index (χ2v) is 4.81. The lowest BCUT2D eigenvalue weighted by Gasteiger charge is -2.07. The van der Waals surface area contributed by atoms with E-state index in [1.54, 1.807) is 25.1 Å². The molecule has 0 radical (unpaired) electrons. The molecule has 3 rings (SSSR count). The summed E-state index contributed by atoms with van der Waals surface area (Å²) < 4.78 is 5.65. The largest absolute Gasteiger partial charge is 0.439 e. The highest BCUT2D eigenvalue weighted by molar-refractivity contribution is 6.29. The lowest BCUT2D eigenvalue weighted by atomic mass is 10.1. The molecular weight excluding hydrogens is 264 g/mol. The fourth-order valence-electron chi connectivity index (χ4n) is 2.17.